The van der Waals surface area contributed by atoms with Gasteiger partial charge < -0.3 is 0 Å². The monoisotopic (exact) mass is 362 g/mol. The van der Waals surface area contributed by atoms with Crippen LogP contribution in [-0.4, -0.2) is 24.9 Å². The SMILES string of the molecule is c1ccc([Se]c2c(-c3ccccc3)ncc3ccncc23)cc1. The van der Waals surface area contributed by atoms with Crippen molar-refractivity contribution >= 4 is 34.7 Å². The number of rotatable bonds is 3. The Morgan fingerprint density at radius 1 is 0.739 bits per heavy atom. The van der Waals surface area contributed by atoms with Crippen LogP contribution in [0.2, 0.25) is 0 Å². The molecule has 0 saturated heterocycles. The van der Waals surface area contributed by atoms with E-state index in [1.807, 2.05) is 30.7 Å². The van der Waals surface area contributed by atoms with Crippen LogP contribution in [0, 0.1) is 0 Å². The summed E-state index contributed by atoms with van der Waals surface area (Å²) in [6, 6.07) is 23.0. The molecule has 4 rings (SSSR count). The van der Waals surface area contributed by atoms with E-state index in [9.17, 15) is 0 Å². The summed E-state index contributed by atoms with van der Waals surface area (Å²) in [5.41, 5.74) is 2.22. The van der Waals surface area contributed by atoms with Crippen LogP contribution in [-0.2, 0) is 0 Å². The molecule has 0 aliphatic heterocycles. The van der Waals surface area contributed by atoms with Crippen LogP contribution in [0.4, 0.5) is 0 Å². The summed E-state index contributed by atoms with van der Waals surface area (Å²) >= 11 is 0.183. The Morgan fingerprint density at radius 2 is 1.48 bits per heavy atom. The summed E-state index contributed by atoms with van der Waals surface area (Å²) in [5, 5.41) is 2.35. The first-order valence-corrected chi connectivity index (χ1v) is 9.14. The molecule has 23 heavy (non-hydrogen) atoms. The summed E-state index contributed by atoms with van der Waals surface area (Å²) in [4.78, 5) is 9.09. The third kappa shape index (κ3) is 2.89. The molecule has 0 fully saturated rings. The second-order valence-electron chi connectivity index (χ2n) is 5.18. The molecule has 3 heteroatoms. The average molecular weight is 361 g/mol. The van der Waals surface area contributed by atoms with Gasteiger partial charge in [-0.1, -0.05) is 0 Å². The van der Waals surface area contributed by atoms with E-state index in [1.165, 1.54) is 14.3 Å². The van der Waals surface area contributed by atoms with E-state index in [-0.39, 0.29) is 15.0 Å². The van der Waals surface area contributed by atoms with Crippen LogP contribution in [0.15, 0.2) is 85.3 Å². The summed E-state index contributed by atoms with van der Waals surface area (Å²) in [6.45, 7) is 0. The fraction of sp³-hybridized carbons (Fsp3) is 0. The first-order valence-electron chi connectivity index (χ1n) is 7.43. The minimum atomic E-state index is 0.183. The van der Waals surface area contributed by atoms with Gasteiger partial charge in [-0.3, -0.25) is 0 Å². The van der Waals surface area contributed by atoms with Crippen molar-refractivity contribution in [1.29, 1.82) is 0 Å². The summed E-state index contributed by atoms with van der Waals surface area (Å²) in [5.74, 6) is 0. The fourth-order valence-electron chi connectivity index (χ4n) is 2.54. The molecule has 0 atom stereocenters. The number of benzene rings is 2. The second kappa shape index (κ2) is 6.33. The van der Waals surface area contributed by atoms with Gasteiger partial charge in [-0.15, -0.1) is 0 Å². The molecule has 0 bridgehead atoms. The third-order valence-electron chi connectivity index (χ3n) is 3.66. The first kappa shape index (κ1) is 14.1. The van der Waals surface area contributed by atoms with Crippen LogP contribution >= 0.6 is 0 Å². The van der Waals surface area contributed by atoms with E-state index >= 15 is 0 Å². The van der Waals surface area contributed by atoms with Crippen molar-refractivity contribution in [3.63, 3.8) is 0 Å². The van der Waals surface area contributed by atoms with E-state index in [2.05, 4.69) is 59.6 Å². The zero-order chi connectivity index (χ0) is 15.5. The van der Waals surface area contributed by atoms with Crippen molar-refractivity contribution in [1.82, 2.24) is 9.97 Å². The molecule has 0 aliphatic rings. The number of hydrogen-bond acceptors (Lipinski definition) is 2. The van der Waals surface area contributed by atoms with Gasteiger partial charge in [0.15, 0.2) is 0 Å². The topological polar surface area (TPSA) is 25.8 Å². The summed E-state index contributed by atoms with van der Waals surface area (Å²) in [6.07, 6.45) is 5.74. The van der Waals surface area contributed by atoms with Crippen molar-refractivity contribution in [3.05, 3.63) is 85.3 Å². The number of aromatic nitrogens is 2. The Hall–Kier alpha value is -2.48. The van der Waals surface area contributed by atoms with Gasteiger partial charge in [0.2, 0.25) is 0 Å². The van der Waals surface area contributed by atoms with Gasteiger partial charge in [0.25, 0.3) is 0 Å². The normalized spacial score (nSPS) is 10.8. The number of pyridine rings is 2. The summed E-state index contributed by atoms with van der Waals surface area (Å²) < 4.78 is 2.64. The van der Waals surface area contributed by atoms with E-state index in [4.69, 9.17) is 4.98 Å². The molecule has 2 nitrogen and oxygen atoms in total. The predicted molar refractivity (Wildman–Crippen MR) is 96.4 cm³/mol. The van der Waals surface area contributed by atoms with E-state index in [0.717, 1.165) is 16.6 Å². The molecule has 0 amide bonds. The van der Waals surface area contributed by atoms with Gasteiger partial charge in [-0.2, -0.15) is 0 Å². The van der Waals surface area contributed by atoms with Gasteiger partial charge >= 0.3 is 141 Å². The molecule has 2 heterocycles. The zero-order valence-corrected chi connectivity index (χ0v) is 14.1. The molecule has 4 aromatic rings. The first-order chi connectivity index (χ1) is 11.4. The third-order valence-corrected chi connectivity index (χ3v) is 6.02. The number of fused-ring (bicyclic) bond motifs is 1. The minimum absolute atomic E-state index is 0.183. The van der Waals surface area contributed by atoms with E-state index in [0.29, 0.717) is 0 Å². The van der Waals surface area contributed by atoms with Crippen LogP contribution in [0.5, 0.6) is 0 Å². The van der Waals surface area contributed by atoms with Crippen LogP contribution in [0.3, 0.4) is 0 Å². The van der Waals surface area contributed by atoms with Crippen molar-refractivity contribution in [2.45, 2.75) is 0 Å². The molecular weight excluding hydrogens is 347 g/mol. The van der Waals surface area contributed by atoms with E-state index in [1.54, 1.807) is 0 Å². The molecule has 110 valence electrons. The Morgan fingerprint density at radius 3 is 2.26 bits per heavy atom. The molecule has 2 aromatic heterocycles. The van der Waals surface area contributed by atoms with Crippen LogP contribution in [0.1, 0.15) is 0 Å². The Balaban J connectivity index is 1.94. The fourth-order valence-corrected chi connectivity index (χ4v) is 4.80. The summed E-state index contributed by atoms with van der Waals surface area (Å²) in [7, 11) is 0. The van der Waals surface area contributed by atoms with Gasteiger partial charge in [-0.25, -0.2) is 0 Å². The number of hydrogen-bond donors (Lipinski definition) is 0. The van der Waals surface area contributed by atoms with Gasteiger partial charge in [-0.05, 0) is 0 Å². The van der Waals surface area contributed by atoms with Crippen molar-refractivity contribution in [2.75, 3.05) is 0 Å². The second-order valence-corrected chi connectivity index (χ2v) is 7.45. The average Bonchev–Trinajstić information content (AvgIpc) is 2.64. The molecule has 0 N–H and O–H groups in total. The van der Waals surface area contributed by atoms with Crippen LogP contribution in [0.25, 0.3) is 22.0 Å². The van der Waals surface area contributed by atoms with Crippen molar-refractivity contribution in [3.8, 4) is 11.3 Å². The van der Waals surface area contributed by atoms with Gasteiger partial charge in [0.1, 0.15) is 0 Å². The molecule has 0 saturated carbocycles. The zero-order valence-electron chi connectivity index (χ0n) is 12.4. The van der Waals surface area contributed by atoms with Gasteiger partial charge in [0, 0.05) is 0 Å². The molecule has 2 aromatic carbocycles. The van der Waals surface area contributed by atoms with Crippen LogP contribution < -0.4 is 8.92 Å². The Labute approximate surface area is 141 Å². The molecule has 0 unspecified atom stereocenters. The quantitative estimate of drug-likeness (QED) is 0.525. The molecule has 0 radical (unpaired) electrons. The number of nitrogens with zero attached hydrogens (tertiary/aromatic N) is 2. The standard InChI is InChI=1S/C20H14N2Se/c1-3-7-15(8-4-1)19-20(23-17-9-5-2-6-10-17)18-14-21-12-11-16(18)13-22-19/h1-14H. The van der Waals surface area contributed by atoms with Crippen molar-refractivity contribution < 1.29 is 0 Å². The Bertz CT molecular complexity index is 937. The molecule has 0 aliphatic carbocycles. The van der Waals surface area contributed by atoms with Gasteiger partial charge in [0.05, 0.1) is 0 Å². The maximum absolute atomic E-state index is 4.76. The molecular formula is C20H14N2Se. The predicted octanol–water partition coefficient (Wildman–Crippen LogP) is 2.95. The van der Waals surface area contributed by atoms with E-state index < -0.39 is 0 Å². The Kier molecular flexibility index (Phi) is 3.89. The van der Waals surface area contributed by atoms with Crippen molar-refractivity contribution in [2.24, 2.45) is 0 Å². The molecule has 0 spiro atoms. The maximum atomic E-state index is 4.76.